The molecule has 0 aromatic carbocycles. The number of carbonyl (C=O) groups excluding carboxylic acids is 2. The highest BCUT2D eigenvalue weighted by Gasteiger charge is 2.78. The van der Waals surface area contributed by atoms with Gasteiger partial charge in [-0.25, -0.2) is 0 Å². The molecule has 4 atom stereocenters. The van der Waals surface area contributed by atoms with Crippen LogP contribution in [0.25, 0.3) is 0 Å². The van der Waals surface area contributed by atoms with E-state index in [-0.39, 0.29) is 29.3 Å². The standard InChI is InChI=1S/C18H25N5O2/c1-23-9-15(21-22-23)16(24)19-13-4-2-3-5-14(13)20-17(25)18-8-10-6-11(18)12(18)7-10/h9-14H,2-8H2,1H3,(H,19,24)(H,20,25)/t10?,11?,12?,13-,14-,18?/m1/s1. The molecule has 0 aliphatic heterocycles. The molecular formula is C18H25N5O2. The van der Waals surface area contributed by atoms with Gasteiger partial charge < -0.3 is 10.6 Å². The predicted octanol–water partition coefficient (Wildman–Crippen LogP) is 1.02. The van der Waals surface area contributed by atoms with Crippen LogP contribution in [0.5, 0.6) is 0 Å². The van der Waals surface area contributed by atoms with Gasteiger partial charge in [-0.3, -0.25) is 14.3 Å². The van der Waals surface area contributed by atoms with Gasteiger partial charge >= 0.3 is 0 Å². The van der Waals surface area contributed by atoms with Crippen LogP contribution in [0.2, 0.25) is 0 Å². The van der Waals surface area contributed by atoms with Gasteiger partial charge in [0.15, 0.2) is 5.69 Å². The summed E-state index contributed by atoms with van der Waals surface area (Å²) in [5, 5.41) is 14.1. The van der Waals surface area contributed by atoms with Gasteiger partial charge in [0, 0.05) is 19.1 Å². The maximum Gasteiger partial charge on any atom is 0.273 e. The van der Waals surface area contributed by atoms with Crippen molar-refractivity contribution in [2.75, 3.05) is 0 Å². The van der Waals surface area contributed by atoms with E-state index in [1.54, 1.807) is 13.2 Å². The Morgan fingerprint density at radius 2 is 1.84 bits per heavy atom. The lowest BCUT2D eigenvalue weighted by Crippen LogP contribution is -2.54. The quantitative estimate of drug-likeness (QED) is 0.854. The third-order valence-electron chi connectivity index (χ3n) is 7.16. The summed E-state index contributed by atoms with van der Waals surface area (Å²) in [7, 11) is 1.74. The number of aryl methyl sites for hydroxylation is 1. The zero-order valence-corrected chi connectivity index (χ0v) is 14.6. The van der Waals surface area contributed by atoms with Gasteiger partial charge in [0.1, 0.15) is 0 Å². The van der Waals surface area contributed by atoms with Crippen molar-refractivity contribution in [3.63, 3.8) is 0 Å². The lowest BCUT2D eigenvalue weighted by molar-refractivity contribution is -0.128. The molecule has 25 heavy (non-hydrogen) atoms. The highest BCUT2D eigenvalue weighted by Crippen LogP contribution is 2.79. The Balaban J connectivity index is 1.25. The fourth-order valence-electron chi connectivity index (χ4n) is 6.02. The average Bonchev–Trinajstić information content (AvgIpc) is 3.17. The van der Waals surface area contributed by atoms with Crippen LogP contribution in [0.4, 0.5) is 0 Å². The second-order valence-corrected chi connectivity index (χ2v) is 8.52. The molecule has 5 aliphatic rings. The summed E-state index contributed by atoms with van der Waals surface area (Å²) in [5.41, 5.74) is 0.289. The Kier molecular flexibility index (Phi) is 3.24. The highest BCUT2D eigenvalue weighted by atomic mass is 16.2. The molecule has 5 saturated carbocycles. The molecule has 0 spiro atoms. The van der Waals surface area contributed by atoms with Crippen LogP contribution in [-0.2, 0) is 11.8 Å². The topological polar surface area (TPSA) is 88.9 Å². The van der Waals surface area contributed by atoms with E-state index in [2.05, 4.69) is 20.9 Å². The summed E-state index contributed by atoms with van der Waals surface area (Å²) in [4.78, 5) is 25.4. The minimum Gasteiger partial charge on any atom is -0.351 e. The van der Waals surface area contributed by atoms with Crippen LogP contribution in [0.3, 0.4) is 0 Å². The van der Waals surface area contributed by atoms with Crippen LogP contribution in [0, 0.1) is 23.2 Å². The molecule has 2 unspecified atom stereocenters. The van der Waals surface area contributed by atoms with Gasteiger partial charge in [0.05, 0.1) is 11.6 Å². The zero-order valence-electron chi connectivity index (χ0n) is 14.6. The number of hydrogen-bond acceptors (Lipinski definition) is 4. The SMILES string of the molecule is Cn1cc(C(=O)N[C@@H]2CCCC[C@H]2NC(=O)C23CC4CC2C3C4)nn1. The Bertz CT molecular complexity index is 717. The van der Waals surface area contributed by atoms with Gasteiger partial charge in [-0.1, -0.05) is 18.1 Å². The van der Waals surface area contributed by atoms with E-state index in [1.807, 2.05) is 0 Å². The fourth-order valence-corrected chi connectivity index (χ4v) is 6.02. The fraction of sp³-hybridized carbons (Fsp3) is 0.778. The second kappa shape index (κ2) is 5.29. The van der Waals surface area contributed by atoms with Crippen molar-refractivity contribution in [1.82, 2.24) is 25.6 Å². The van der Waals surface area contributed by atoms with Gasteiger partial charge in [0.2, 0.25) is 5.91 Å². The first kappa shape index (κ1) is 15.3. The lowest BCUT2D eigenvalue weighted by Gasteiger charge is -2.33. The molecule has 7 heteroatoms. The number of amides is 2. The summed E-state index contributed by atoms with van der Waals surface area (Å²) in [6.07, 6.45) is 9.25. The first-order valence-electron chi connectivity index (χ1n) is 9.56. The summed E-state index contributed by atoms with van der Waals surface area (Å²) in [6.45, 7) is 0. The maximum atomic E-state index is 13.0. The van der Waals surface area contributed by atoms with Gasteiger partial charge in [-0.15, -0.1) is 5.10 Å². The molecule has 1 aromatic heterocycles. The molecule has 6 rings (SSSR count). The lowest BCUT2D eigenvalue weighted by atomic mass is 9.89. The smallest absolute Gasteiger partial charge is 0.273 e. The number of rotatable bonds is 4. The molecule has 0 radical (unpaired) electrons. The molecule has 0 saturated heterocycles. The molecule has 1 heterocycles. The average molecular weight is 343 g/mol. The molecule has 1 aromatic rings. The Hall–Kier alpha value is -1.92. The summed E-state index contributed by atoms with van der Waals surface area (Å²) < 4.78 is 1.52. The van der Waals surface area contributed by atoms with Crippen molar-refractivity contribution in [2.24, 2.45) is 30.2 Å². The molecule has 5 aliphatic carbocycles. The van der Waals surface area contributed by atoms with Crippen molar-refractivity contribution < 1.29 is 9.59 Å². The zero-order chi connectivity index (χ0) is 17.2. The number of hydrogen-bond donors (Lipinski definition) is 2. The molecule has 2 N–H and O–H groups in total. The molecule has 4 bridgehead atoms. The Labute approximate surface area is 146 Å². The van der Waals surface area contributed by atoms with E-state index in [0.29, 0.717) is 17.5 Å². The third kappa shape index (κ3) is 2.24. The normalized spacial score (nSPS) is 40.8. The van der Waals surface area contributed by atoms with Crippen LogP contribution < -0.4 is 10.6 Å². The van der Waals surface area contributed by atoms with Crippen LogP contribution in [0.1, 0.15) is 55.4 Å². The van der Waals surface area contributed by atoms with Crippen LogP contribution >= 0.6 is 0 Å². The first-order valence-corrected chi connectivity index (χ1v) is 9.56. The van der Waals surface area contributed by atoms with E-state index >= 15 is 0 Å². The molecular weight excluding hydrogens is 318 g/mol. The number of aromatic nitrogens is 3. The minimum atomic E-state index is -0.204. The summed E-state index contributed by atoms with van der Waals surface area (Å²) in [6, 6.07) is 0.0208. The van der Waals surface area contributed by atoms with E-state index in [0.717, 1.165) is 38.0 Å². The molecule has 134 valence electrons. The highest BCUT2D eigenvalue weighted by molar-refractivity contribution is 5.92. The van der Waals surface area contributed by atoms with Crippen molar-refractivity contribution in [3.8, 4) is 0 Å². The molecule has 7 nitrogen and oxygen atoms in total. The number of carbonyl (C=O) groups is 2. The molecule has 2 amide bonds. The monoisotopic (exact) mass is 343 g/mol. The first-order chi connectivity index (χ1) is 12.1. The van der Waals surface area contributed by atoms with E-state index < -0.39 is 0 Å². The third-order valence-corrected chi connectivity index (χ3v) is 7.16. The maximum absolute atomic E-state index is 13.0. The number of nitrogens with one attached hydrogen (secondary N) is 2. The Morgan fingerprint density at radius 3 is 2.40 bits per heavy atom. The van der Waals surface area contributed by atoms with Crippen LogP contribution in [-0.4, -0.2) is 38.9 Å². The summed E-state index contributed by atoms with van der Waals surface area (Å²) >= 11 is 0. The summed E-state index contributed by atoms with van der Waals surface area (Å²) in [5.74, 6) is 2.14. The van der Waals surface area contributed by atoms with Crippen molar-refractivity contribution in [1.29, 1.82) is 0 Å². The van der Waals surface area contributed by atoms with Gasteiger partial charge in [-0.05, 0) is 49.9 Å². The van der Waals surface area contributed by atoms with Gasteiger partial charge in [0.25, 0.3) is 5.91 Å². The van der Waals surface area contributed by atoms with Crippen molar-refractivity contribution in [3.05, 3.63) is 11.9 Å². The van der Waals surface area contributed by atoms with Crippen molar-refractivity contribution >= 4 is 11.8 Å². The predicted molar refractivity (Wildman–Crippen MR) is 89.4 cm³/mol. The second-order valence-electron chi connectivity index (χ2n) is 8.52. The van der Waals surface area contributed by atoms with E-state index in [9.17, 15) is 9.59 Å². The van der Waals surface area contributed by atoms with E-state index in [4.69, 9.17) is 0 Å². The largest absolute Gasteiger partial charge is 0.351 e. The van der Waals surface area contributed by atoms with Gasteiger partial charge in [-0.2, -0.15) is 0 Å². The van der Waals surface area contributed by atoms with Crippen LogP contribution in [0.15, 0.2) is 6.20 Å². The van der Waals surface area contributed by atoms with E-state index in [1.165, 1.54) is 17.5 Å². The minimum absolute atomic E-state index is 0.0165. The number of nitrogens with zero attached hydrogens (tertiary/aromatic N) is 3. The Morgan fingerprint density at radius 1 is 1.16 bits per heavy atom. The van der Waals surface area contributed by atoms with Crippen molar-refractivity contribution in [2.45, 2.75) is 57.0 Å². The molecule has 5 fully saturated rings.